The number of hydrogen-bond donors (Lipinski definition) is 1. The molecule has 0 saturated carbocycles. The Labute approximate surface area is 187 Å². The number of piperidine rings is 1. The maximum atomic E-state index is 13.1. The summed E-state index contributed by atoms with van der Waals surface area (Å²) in [5, 5.41) is 3.25. The van der Waals surface area contributed by atoms with Crippen molar-refractivity contribution in [1.82, 2.24) is 4.31 Å². The monoisotopic (exact) mass is 464 g/mol. The highest BCUT2D eigenvalue weighted by molar-refractivity contribution is 7.89. The molecular formula is C22H28N2O5S2. The molecule has 0 unspecified atom stereocenters. The Balaban J connectivity index is 1.79. The molecule has 1 aromatic heterocycles. The lowest BCUT2D eigenvalue weighted by atomic mass is 9.94. The number of sulfonamides is 1. The van der Waals surface area contributed by atoms with Crippen LogP contribution in [0.25, 0.3) is 0 Å². The predicted molar refractivity (Wildman–Crippen MR) is 121 cm³/mol. The maximum absolute atomic E-state index is 13.1. The molecule has 0 aliphatic carbocycles. The second-order valence-electron chi connectivity index (χ2n) is 8.09. The van der Waals surface area contributed by atoms with E-state index in [-0.39, 0.29) is 17.1 Å². The molecule has 0 bridgehead atoms. The van der Waals surface area contributed by atoms with Crippen molar-refractivity contribution in [1.29, 1.82) is 0 Å². The molecule has 2 atom stereocenters. The number of aryl methyl sites for hydroxylation is 1. The van der Waals surface area contributed by atoms with Crippen molar-refractivity contribution in [3.63, 3.8) is 0 Å². The lowest BCUT2D eigenvalue weighted by molar-refractivity contribution is 0.0531. The molecule has 168 valence electrons. The zero-order valence-corrected chi connectivity index (χ0v) is 19.8. The normalized spacial score (nSPS) is 19.7. The first-order valence-corrected chi connectivity index (χ1v) is 12.6. The number of esters is 1. The third kappa shape index (κ3) is 5.34. The zero-order valence-electron chi connectivity index (χ0n) is 18.2. The van der Waals surface area contributed by atoms with Crippen molar-refractivity contribution in [3.05, 3.63) is 46.3 Å². The first-order chi connectivity index (χ1) is 14.6. The molecule has 1 fully saturated rings. The first-order valence-electron chi connectivity index (χ1n) is 10.3. The minimum absolute atomic E-state index is 0.107. The van der Waals surface area contributed by atoms with Crippen LogP contribution < -0.4 is 5.32 Å². The fourth-order valence-corrected chi connectivity index (χ4v) is 6.56. The lowest BCUT2D eigenvalue weighted by Gasteiger charge is -2.34. The summed E-state index contributed by atoms with van der Waals surface area (Å²) in [5.74, 6) is -0.279. The lowest BCUT2D eigenvalue weighted by Crippen LogP contribution is -2.42. The summed E-state index contributed by atoms with van der Waals surface area (Å²) in [6.45, 7) is 8.84. The molecule has 1 aliphatic rings. The van der Waals surface area contributed by atoms with Crippen LogP contribution in [0.15, 0.2) is 35.2 Å². The van der Waals surface area contributed by atoms with Crippen LogP contribution in [-0.2, 0) is 14.8 Å². The van der Waals surface area contributed by atoms with E-state index in [0.717, 1.165) is 17.8 Å². The Kier molecular flexibility index (Phi) is 7.18. The van der Waals surface area contributed by atoms with E-state index >= 15 is 0 Å². The van der Waals surface area contributed by atoms with Gasteiger partial charge in [0.05, 0.1) is 16.5 Å². The minimum Gasteiger partial charge on any atom is -0.462 e. The Morgan fingerprint density at radius 3 is 2.52 bits per heavy atom. The van der Waals surface area contributed by atoms with Gasteiger partial charge in [0, 0.05) is 18.7 Å². The van der Waals surface area contributed by atoms with E-state index in [1.54, 1.807) is 32.0 Å². The molecule has 2 aromatic rings. The van der Waals surface area contributed by atoms with Crippen LogP contribution in [0.1, 0.15) is 52.8 Å². The van der Waals surface area contributed by atoms with Gasteiger partial charge in [-0.3, -0.25) is 4.79 Å². The molecule has 0 spiro atoms. The topological polar surface area (TPSA) is 92.8 Å². The molecule has 3 rings (SSSR count). The molecule has 1 aromatic carbocycles. The van der Waals surface area contributed by atoms with Gasteiger partial charge < -0.3 is 10.1 Å². The van der Waals surface area contributed by atoms with Crippen LogP contribution in [0.3, 0.4) is 0 Å². The van der Waals surface area contributed by atoms with Crippen LogP contribution in [0.4, 0.5) is 5.00 Å². The van der Waals surface area contributed by atoms with Gasteiger partial charge >= 0.3 is 5.97 Å². The fraction of sp³-hybridized carbons (Fsp3) is 0.455. The van der Waals surface area contributed by atoms with Gasteiger partial charge in [-0.05, 0) is 61.9 Å². The first kappa shape index (κ1) is 23.4. The number of rotatable bonds is 6. The second kappa shape index (κ2) is 9.50. The average molecular weight is 465 g/mol. The Morgan fingerprint density at radius 2 is 1.87 bits per heavy atom. The van der Waals surface area contributed by atoms with E-state index in [0.29, 0.717) is 40.4 Å². The molecule has 7 nitrogen and oxygen atoms in total. The van der Waals surface area contributed by atoms with Crippen molar-refractivity contribution in [2.45, 2.75) is 39.0 Å². The number of nitrogens with zero attached hydrogens (tertiary/aromatic N) is 1. The van der Waals surface area contributed by atoms with Gasteiger partial charge in [0.15, 0.2) is 0 Å². The van der Waals surface area contributed by atoms with E-state index in [1.165, 1.54) is 16.4 Å². The van der Waals surface area contributed by atoms with E-state index in [9.17, 15) is 18.0 Å². The third-order valence-corrected chi connectivity index (χ3v) is 8.14. The second-order valence-corrected chi connectivity index (χ2v) is 11.1. The van der Waals surface area contributed by atoms with Crippen LogP contribution in [0.5, 0.6) is 0 Å². The summed E-state index contributed by atoms with van der Waals surface area (Å²) >= 11 is 1.13. The van der Waals surface area contributed by atoms with Gasteiger partial charge in [0.25, 0.3) is 5.91 Å². The number of hydrogen-bond acceptors (Lipinski definition) is 6. The molecule has 1 amide bonds. The number of nitrogens with one attached hydrogen (secondary N) is 1. The third-order valence-electron chi connectivity index (χ3n) is 5.18. The van der Waals surface area contributed by atoms with Gasteiger partial charge in [0.2, 0.25) is 10.0 Å². The predicted octanol–water partition coefficient (Wildman–Crippen LogP) is 4.15. The quantitative estimate of drug-likeness (QED) is 0.648. The number of carbonyl (C=O) groups excluding carboxylic acids is 2. The highest BCUT2D eigenvalue weighted by atomic mass is 32.2. The van der Waals surface area contributed by atoms with Gasteiger partial charge in [-0.25, -0.2) is 13.2 Å². The highest BCUT2D eigenvalue weighted by Gasteiger charge is 2.32. The summed E-state index contributed by atoms with van der Waals surface area (Å²) in [5.41, 5.74) is 0.950. The number of benzene rings is 1. The molecule has 2 heterocycles. The number of amides is 1. The van der Waals surface area contributed by atoms with Gasteiger partial charge in [0.1, 0.15) is 4.88 Å². The van der Waals surface area contributed by atoms with Crippen molar-refractivity contribution in [2.75, 3.05) is 25.0 Å². The summed E-state index contributed by atoms with van der Waals surface area (Å²) in [4.78, 5) is 25.3. The van der Waals surface area contributed by atoms with Crippen molar-refractivity contribution in [2.24, 2.45) is 11.8 Å². The van der Waals surface area contributed by atoms with E-state index in [2.05, 4.69) is 19.2 Å². The number of thiophene rings is 1. The van der Waals surface area contributed by atoms with Crippen LogP contribution in [0, 0.1) is 18.8 Å². The molecule has 1 saturated heterocycles. The number of ether oxygens (including phenoxy) is 1. The molecule has 0 radical (unpaired) electrons. The average Bonchev–Trinajstić information content (AvgIpc) is 3.07. The molecular weight excluding hydrogens is 436 g/mol. The maximum Gasteiger partial charge on any atom is 0.348 e. The standard InChI is InChI=1S/C22H28N2O5S2/c1-5-29-22(26)20-16(4)10-19(30-20)23-21(25)17-7-6-8-18(11-17)31(27,28)24-12-14(2)9-15(3)13-24/h6-8,10-11,14-15H,5,9,12-13H2,1-4H3,(H,23,25)/t14-,15-/m1/s1. The van der Waals surface area contributed by atoms with Crippen molar-refractivity contribution >= 4 is 38.2 Å². The summed E-state index contributed by atoms with van der Waals surface area (Å²) in [7, 11) is -3.68. The van der Waals surface area contributed by atoms with Crippen LogP contribution >= 0.6 is 11.3 Å². The molecule has 31 heavy (non-hydrogen) atoms. The largest absolute Gasteiger partial charge is 0.462 e. The number of anilines is 1. The van der Waals surface area contributed by atoms with Crippen molar-refractivity contribution in [3.8, 4) is 0 Å². The zero-order chi connectivity index (χ0) is 22.8. The summed E-state index contributed by atoms with van der Waals surface area (Å²) in [6, 6.07) is 7.77. The Hall–Kier alpha value is -2.23. The Bertz CT molecular complexity index is 1070. The van der Waals surface area contributed by atoms with Crippen LogP contribution in [-0.4, -0.2) is 44.3 Å². The van der Waals surface area contributed by atoms with E-state index < -0.39 is 21.9 Å². The number of carbonyl (C=O) groups is 2. The van der Waals surface area contributed by atoms with Gasteiger partial charge in [-0.1, -0.05) is 19.9 Å². The fourth-order valence-electron chi connectivity index (χ4n) is 3.88. The molecule has 1 N–H and O–H groups in total. The van der Waals surface area contributed by atoms with Gasteiger partial charge in [-0.2, -0.15) is 4.31 Å². The molecule has 9 heteroatoms. The molecule has 1 aliphatic heterocycles. The summed E-state index contributed by atoms with van der Waals surface area (Å²) < 4.78 is 32.8. The minimum atomic E-state index is -3.68. The smallest absolute Gasteiger partial charge is 0.348 e. The van der Waals surface area contributed by atoms with E-state index in [1.807, 2.05) is 0 Å². The van der Waals surface area contributed by atoms with Crippen molar-refractivity contribution < 1.29 is 22.7 Å². The van der Waals surface area contributed by atoms with E-state index in [4.69, 9.17) is 4.74 Å². The SMILES string of the molecule is CCOC(=O)c1sc(NC(=O)c2cccc(S(=O)(=O)N3C[C@H](C)C[C@@H](C)C3)c2)cc1C. The Morgan fingerprint density at radius 1 is 1.19 bits per heavy atom. The summed E-state index contributed by atoms with van der Waals surface area (Å²) in [6.07, 6.45) is 1.00. The highest BCUT2D eigenvalue weighted by Crippen LogP contribution is 2.29. The van der Waals surface area contributed by atoms with Crippen LogP contribution in [0.2, 0.25) is 0 Å². The van der Waals surface area contributed by atoms with Gasteiger partial charge in [-0.15, -0.1) is 11.3 Å².